The van der Waals surface area contributed by atoms with Gasteiger partial charge in [-0.15, -0.1) is 0 Å². The molecule has 0 bridgehead atoms. The van der Waals surface area contributed by atoms with Gasteiger partial charge in [0, 0.05) is 0 Å². The molecular weight excluding hydrogens is 296 g/mol. The molecular formula is C16H38OSSi2. The molecule has 0 saturated carbocycles. The van der Waals surface area contributed by atoms with Gasteiger partial charge in [0.05, 0.1) is 14.6 Å². The smallest absolute Gasteiger partial charge is 0.229 e. The summed E-state index contributed by atoms with van der Waals surface area (Å²) < 4.78 is 6.70. The lowest BCUT2D eigenvalue weighted by molar-refractivity contribution is 0.102. The molecule has 1 nitrogen and oxygen atoms in total. The van der Waals surface area contributed by atoms with Crippen LogP contribution in [0.1, 0.15) is 75.7 Å². The summed E-state index contributed by atoms with van der Waals surface area (Å²) in [6.07, 6.45) is 1.06. The third kappa shape index (κ3) is 7.67. The second-order valence-corrected chi connectivity index (χ2v) is 22.6. The van der Waals surface area contributed by atoms with Gasteiger partial charge in [0.2, 0.25) is 6.98 Å². The van der Waals surface area contributed by atoms with Crippen molar-refractivity contribution in [2.45, 2.75) is 92.3 Å². The van der Waals surface area contributed by atoms with Crippen molar-refractivity contribution in [3.63, 3.8) is 0 Å². The SMILES string of the molecule is CCC(C)(C)O[Si](S)(CC(C)(C)C)[SiH2]C(C)(C)C(C)C. The monoisotopic (exact) mass is 334 g/mol. The highest BCUT2D eigenvalue weighted by Gasteiger charge is 2.44. The van der Waals surface area contributed by atoms with Crippen molar-refractivity contribution in [2.24, 2.45) is 11.3 Å². The highest BCUT2D eigenvalue weighted by molar-refractivity contribution is 8.19. The third-order valence-electron chi connectivity index (χ3n) is 4.42. The first-order valence-corrected chi connectivity index (χ1v) is 14.5. The molecule has 20 heavy (non-hydrogen) atoms. The summed E-state index contributed by atoms with van der Waals surface area (Å²) in [5.41, 5.74) is 0.275. The van der Waals surface area contributed by atoms with Gasteiger partial charge in [-0.2, -0.15) is 12.1 Å². The van der Waals surface area contributed by atoms with Crippen LogP contribution >= 0.6 is 12.1 Å². The Labute approximate surface area is 136 Å². The highest BCUT2D eigenvalue weighted by Crippen LogP contribution is 2.42. The molecule has 0 aromatic heterocycles. The van der Waals surface area contributed by atoms with Crippen molar-refractivity contribution in [1.82, 2.24) is 0 Å². The number of hydrogen-bond donors (Lipinski definition) is 1. The molecule has 0 aliphatic rings. The van der Waals surface area contributed by atoms with Gasteiger partial charge < -0.3 is 4.43 Å². The van der Waals surface area contributed by atoms with Crippen molar-refractivity contribution in [3.05, 3.63) is 0 Å². The summed E-state index contributed by atoms with van der Waals surface area (Å²) in [5.74, 6) is 0.710. The molecule has 0 amide bonds. The van der Waals surface area contributed by atoms with E-state index in [0.717, 1.165) is 12.5 Å². The zero-order valence-electron chi connectivity index (χ0n) is 15.6. The lowest BCUT2D eigenvalue weighted by Crippen LogP contribution is -2.52. The van der Waals surface area contributed by atoms with Crippen LogP contribution in [0.25, 0.3) is 0 Å². The largest absolute Gasteiger partial charge is 0.406 e. The van der Waals surface area contributed by atoms with E-state index in [4.69, 9.17) is 16.5 Å². The molecule has 0 heterocycles. The van der Waals surface area contributed by atoms with Crippen LogP contribution < -0.4 is 0 Å². The molecule has 0 aromatic carbocycles. The van der Waals surface area contributed by atoms with Crippen LogP contribution in [-0.2, 0) is 4.43 Å². The molecule has 1 unspecified atom stereocenters. The fourth-order valence-electron chi connectivity index (χ4n) is 2.47. The van der Waals surface area contributed by atoms with E-state index in [0.29, 0.717) is 16.4 Å². The molecule has 0 spiro atoms. The Balaban J connectivity index is 5.27. The van der Waals surface area contributed by atoms with E-state index in [-0.39, 0.29) is 14.6 Å². The Morgan fingerprint density at radius 3 is 1.80 bits per heavy atom. The predicted octanol–water partition coefficient (Wildman–Crippen LogP) is 5.13. The van der Waals surface area contributed by atoms with Crippen LogP contribution in [0, 0.1) is 11.3 Å². The van der Waals surface area contributed by atoms with Crippen molar-refractivity contribution >= 4 is 28.1 Å². The molecule has 0 saturated heterocycles. The molecule has 0 rings (SSSR count). The van der Waals surface area contributed by atoms with Crippen LogP contribution in [0.2, 0.25) is 11.1 Å². The average molecular weight is 335 g/mol. The number of thiol groups is 1. The van der Waals surface area contributed by atoms with Crippen LogP contribution in [0.4, 0.5) is 0 Å². The van der Waals surface area contributed by atoms with Gasteiger partial charge in [-0.1, -0.05) is 55.4 Å². The second-order valence-electron chi connectivity index (χ2n) is 9.22. The fraction of sp³-hybridized carbons (Fsp3) is 1.00. The van der Waals surface area contributed by atoms with Gasteiger partial charge in [-0.05, 0) is 42.7 Å². The molecule has 0 aliphatic heterocycles. The van der Waals surface area contributed by atoms with Crippen molar-refractivity contribution in [3.8, 4) is 0 Å². The average Bonchev–Trinajstić information content (AvgIpc) is 2.11. The number of rotatable bonds is 7. The van der Waals surface area contributed by atoms with Gasteiger partial charge in [0.15, 0.2) is 0 Å². The maximum Gasteiger partial charge on any atom is 0.229 e. The van der Waals surface area contributed by atoms with Gasteiger partial charge in [-0.3, -0.25) is 0 Å². The zero-order valence-corrected chi connectivity index (χ0v) is 18.9. The standard InChI is InChI=1S/C16H38OSSi2/c1-11-15(7,8)17-20(18,12-14(4,5)6)19-16(9,10)13(2)3/h13,18H,11-12,19H2,1-10H3. The van der Waals surface area contributed by atoms with Gasteiger partial charge in [-0.25, -0.2) is 0 Å². The first-order valence-electron chi connectivity index (χ1n) is 8.05. The molecule has 0 radical (unpaired) electrons. The summed E-state index contributed by atoms with van der Waals surface area (Å²) >= 11 is 5.23. The predicted molar refractivity (Wildman–Crippen MR) is 102 cm³/mol. The zero-order chi connectivity index (χ0) is 16.4. The van der Waals surface area contributed by atoms with Crippen molar-refractivity contribution < 1.29 is 4.43 Å². The molecule has 0 N–H and O–H groups in total. The third-order valence-corrected chi connectivity index (χ3v) is 17.0. The molecule has 0 fully saturated rings. The molecule has 0 aromatic rings. The summed E-state index contributed by atoms with van der Waals surface area (Å²) in [6, 6.07) is 1.16. The Hall–Kier alpha value is 0.744. The Morgan fingerprint density at radius 1 is 1.05 bits per heavy atom. The normalized spacial score (nSPS) is 18.0. The summed E-state index contributed by atoms with van der Waals surface area (Å²) in [7, 11) is -0.379. The van der Waals surface area contributed by atoms with Gasteiger partial charge in [0.25, 0.3) is 0 Å². The van der Waals surface area contributed by atoms with Crippen LogP contribution in [0.3, 0.4) is 0 Å². The van der Waals surface area contributed by atoms with E-state index >= 15 is 0 Å². The second kappa shape index (κ2) is 6.88. The minimum absolute atomic E-state index is 0.0285. The Kier molecular flexibility index (Phi) is 7.14. The molecule has 0 aliphatic carbocycles. The first kappa shape index (κ1) is 20.7. The molecule has 1 atom stereocenters. The van der Waals surface area contributed by atoms with Gasteiger partial charge in [0.1, 0.15) is 0 Å². The van der Waals surface area contributed by atoms with E-state index in [1.807, 2.05) is 0 Å². The van der Waals surface area contributed by atoms with Crippen LogP contribution in [0.15, 0.2) is 0 Å². The fourth-order valence-corrected chi connectivity index (χ4v) is 22.7. The molecule has 122 valence electrons. The summed E-state index contributed by atoms with van der Waals surface area (Å²) in [4.78, 5) is 0. The van der Waals surface area contributed by atoms with E-state index in [1.165, 1.54) is 0 Å². The molecule has 4 heteroatoms. The lowest BCUT2D eigenvalue weighted by atomic mass is 9.99. The number of hydrogen-bond acceptors (Lipinski definition) is 2. The lowest BCUT2D eigenvalue weighted by Gasteiger charge is -2.44. The van der Waals surface area contributed by atoms with Crippen LogP contribution in [0.5, 0.6) is 0 Å². The topological polar surface area (TPSA) is 9.23 Å². The quantitative estimate of drug-likeness (QED) is 0.501. The Bertz CT molecular complexity index is 308. The summed E-state index contributed by atoms with van der Waals surface area (Å²) in [5, 5.41) is 0.420. The van der Waals surface area contributed by atoms with E-state index < -0.39 is 6.98 Å². The van der Waals surface area contributed by atoms with Crippen LogP contribution in [-0.4, -0.2) is 21.6 Å². The maximum absolute atomic E-state index is 6.70. The maximum atomic E-state index is 6.70. The minimum atomic E-state index is -1.91. The summed E-state index contributed by atoms with van der Waals surface area (Å²) in [6.45, 7) is 21.3. The van der Waals surface area contributed by atoms with E-state index in [1.54, 1.807) is 0 Å². The Morgan fingerprint density at radius 2 is 1.50 bits per heavy atom. The van der Waals surface area contributed by atoms with Crippen molar-refractivity contribution in [1.29, 1.82) is 0 Å². The van der Waals surface area contributed by atoms with E-state index in [2.05, 4.69) is 69.2 Å². The van der Waals surface area contributed by atoms with Crippen molar-refractivity contribution in [2.75, 3.05) is 0 Å². The van der Waals surface area contributed by atoms with E-state index in [9.17, 15) is 0 Å². The van der Waals surface area contributed by atoms with Gasteiger partial charge >= 0.3 is 0 Å². The minimum Gasteiger partial charge on any atom is -0.406 e. The highest BCUT2D eigenvalue weighted by atomic mass is 32.3. The first-order chi connectivity index (χ1) is 8.63.